The Kier molecular flexibility index (Phi) is 2.40. The standard InChI is InChI=1S/C11H10BNO/c1-2-8-6-9-4-3-5-13-11(9)10(7-8)14-12/h3-7H,2H2,1H3. The molecule has 0 bridgehead atoms. The van der Waals surface area contributed by atoms with Gasteiger partial charge in [-0.3, -0.25) is 4.98 Å². The van der Waals surface area contributed by atoms with Crippen molar-refractivity contribution < 1.29 is 4.65 Å². The third kappa shape index (κ3) is 1.46. The van der Waals surface area contributed by atoms with Crippen molar-refractivity contribution in [2.24, 2.45) is 0 Å². The van der Waals surface area contributed by atoms with Crippen LogP contribution in [-0.4, -0.2) is 13.0 Å². The van der Waals surface area contributed by atoms with Crippen LogP contribution in [0.5, 0.6) is 5.75 Å². The van der Waals surface area contributed by atoms with Gasteiger partial charge in [-0.2, -0.15) is 0 Å². The summed E-state index contributed by atoms with van der Waals surface area (Å²) in [5.41, 5.74) is 2.01. The molecule has 1 aromatic carbocycles. The van der Waals surface area contributed by atoms with E-state index in [4.69, 9.17) is 12.7 Å². The van der Waals surface area contributed by atoms with E-state index in [1.165, 1.54) is 5.56 Å². The van der Waals surface area contributed by atoms with Crippen LogP contribution in [0.4, 0.5) is 0 Å². The van der Waals surface area contributed by atoms with E-state index in [0.29, 0.717) is 5.75 Å². The van der Waals surface area contributed by atoms with Gasteiger partial charge in [0.1, 0.15) is 11.3 Å². The van der Waals surface area contributed by atoms with Gasteiger partial charge in [0.25, 0.3) is 0 Å². The Balaban J connectivity index is 2.73. The summed E-state index contributed by atoms with van der Waals surface area (Å²) in [5, 5.41) is 1.06. The quantitative estimate of drug-likeness (QED) is 0.666. The Labute approximate surface area is 84.4 Å². The smallest absolute Gasteiger partial charge is 0.374 e. The van der Waals surface area contributed by atoms with Crippen LogP contribution in [0.15, 0.2) is 30.5 Å². The highest BCUT2D eigenvalue weighted by molar-refractivity contribution is 6.02. The molecule has 0 saturated heterocycles. The fourth-order valence-electron chi connectivity index (χ4n) is 1.51. The predicted octanol–water partition coefficient (Wildman–Crippen LogP) is 2.26. The number of hydrogen-bond acceptors (Lipinski definition) is 2. The molecule has 0 saturated carbocycles. The lowest BCUT2D eigenvalue weighted by molar-refractivity contribution is 0.621. The summed E-state index contributed by atoms with van der Waals surface area (Å²) >= 11 is 0. The third-order valence-electron chi connectivity index (χ3n) is 2.26. The Hall–Kier alpha value is -1.51. The maximum Gasteiger partial charge on any atom is 0.374 e. The minimum atomic E-state index is 0.639. The summed E-state index contributed by atoms with van der Waals surface area (Å²) in [4.78, 5) is 4.22. The largest absolute Gasteiger partial charge is 0.566 e. The molecule has 3 heteroatoms. The first kappa shape index (κ1) is 9.07. The molecule has 14 heavy (non-hydrogen) atoms. The van der Waals surface area contributed by atoms with Gasteiger partial charge in [-0.05, 0) is 30.2 Å². The fourth-order valence-corrected chi connectivity index (χ4v) is 1.51. The molecule has 0 fully saturated rings. The van der Waals surface area contributed by atoms with Gasteiger partial charge in [-0.15, -0.1) is 0 Å². The molecule has 2 rings (SSSR count). The molecule has 0 aliphatic rings. The number of pyridine rings is 1. The average molecular weight is 183 g/mol. The molecule has 0 aliphatic carbocycles. The number of rotatable bonds is 2. The van der Waals surface area contributed by atoms with Crippen molar-refractivity contribution >= 4 is 19.0 Å². The molecular formula is C11H10BNO. The van der Waals surface area contributed by atoms with Gasteiger partial charge in [0.05, 0.1) is 0 Å². The Morgan fingerprint density at radius 3 is 3.00 bits per heavy atom. The lowest BCUT2D eigenvalue weighted by Gasteiger charge is -2.07. The van der Waals surface area contributed by atoms with Gasteiger partial charge in [-0.25, -0.2) is 0 Å². The van der Waals surface area contributed by atoms with Crippen LogP contribution in [0.3, 0.4) is 0 Å². The van der Waals surface area contributed by atoms with Gasteiger partial charge in [-0.1, -0.05) is 13.0 Å². The van der Waals surface area contributed by atoms with Crippen LogP contribution in [-0.2, 0) is 6.42 Å². The highest BCUT2D eigenvalue weighted by Gasteiger charge is 2.03. The Morgan fingerprint density at radius 2 is 2.29 bits per heavy atom. The van der Waals surface area contributed by atoms with Gasteiger partial charge in [0.2, 0.25) is 0 Å². The SMILES string of the molecule is [B]Oc1cc(CC)cc2cccnc12. The van der Waals surface area contributed by atoms with Crippen LogP contribution in [0.1, 0.15) is 12.5 Å². The second-order valence-corrected chi connectivity index (χ2v) is 3.14. The van der Waals surface area contributed by atoms with E-state index in [1.807, 2.05) is 18.2 Å². The lowest BCUT2D eigenvalue weighted by Crippen LogP contribution is -1.91. The first-order chi connectivity index (χ1) is 6.85. The first-order valence-corrected chi connectivity index (χ1v) is 4.59. The minimum absolute atomic E-state index is 0.639. The van der Waals surface area contributed by atoms with Crippen LogP contribution < -0.4 is 4.65 Å². The van der Waals surface area contributed by atoms with Crippen LogP contribution >= 0.6 is 0 Å². The van der Waals surface area contributed by atoms with Gasteiger partial charge in [0.15, 0.2) is 0 Å². The summed E-state index contributed by atoms with van der Waals surface area (Å²) < 4.78 is 4.81. The molecule has 1 heterocycles. The van der Waals surface area contributed by atoms with Crippen molar-refractivity contribution in [2.75, 3.05) is 0 Å². The second-order valence-electron chi connectivity index (χ2n) is 3.14. The van der Waals surface area contributed by atoms with Crippen molar-refractivity contribution in [3.05, 3.63) is 36.0 Å². The average Bonchev–Trinajstić information content (AvgIpc) is 2.27. The zero-order valence-electron chi connectivity index (χ0n) is 8.03. The third-order valence-corrected chi connectivity index (χ3v) is 2.26. The van der Waals surface area contributed by atoms with E-state index in [0.717, 1.165) is 17.3 Å². The monoisotopic (exact) mass is 183 g/mol. The van der Waals surface area contributed by atoms with Gasteiger partial charge < -0.3 is 4.65 Å². The van der Waals surface area contributed by atoms with E-state index < -0.39 is 0 Å². The summed E-state index contributed by atoms with van der Waals surface area (Å²) in [6.07, 6.45) is 2.69. The van der Waals surface area contributed by atoms with E-state index in [9.17, 15) is 0 Å². The molecule has 2 nitrogen and oxygen atoms in total. The van der Waals surface area contributed by atoms with E-state index in [2.05, 4.69) is 18.0 Å². The molecule has 0 spiro atoms. The highest BCUT2D eigenvalue weighted by Crippen LogP contribution is 2.25. The summed E-state index contributed by atoms with van der Waals surface area (Å²) in [7, 11) is 5.20. The lowest BCUT2D eigenvalue weighted by atomic mass is 10.1. The van der Waals surface area contributed by atoms with Crippen LogP contribution in [0.25, 0.3) is 10.9 Å². The number of fused-ring (bicyclic) bond motifs is 1. The van der Waals surface area contributed by atoms with Crippen molar-refractivity contribution in [2.45, 2.75) is 13.3 Å². The molecule has 1 aromatic heterocycles. The number of aromatic nitrogens is 1. The van der Waals surface area contributed by atoms with Gasteiger partial charge in [0, 0.05) is 11.6 Å². The molecule has 0 unspecified atom stereocenters. The topological polar surface area (TPSA) is 22.1 Å². The highest BCUT2D eigenvalue weighted by atomic mass is 16.4. The van der Waals surface area contributed by atoms with Crippen molar-refractivity contribution in [3.63, 3.8) is 0 Å². The van der Waals surface area contributed by atoms with Crippen molar-refractivity contribution in [3.8, 4) is 5.75 Å². The van der Waals surface area contributed by atoms with Crippen molar-refractivity contribution in [1.82, 2.24) is 4.98 Å². The zero-order valence-corrected chi connectivity index (χ0v) is 8.03. The predicted molar refractivity (Wildman–Crippen MR) is 57.5 cm³/mol. The second kappa shape index (κ2) is 3.70. The fraction of sp³-hybridized carbons (Fsp3) is 0.182. The Morgan fingerprint density at radius 1 is 1.43 bits per heavy atom. The molecule has 2 radical (unpaired) electrons. The zero-order chi connectivity index (χ0) is 9.97. The molecule has 0 atom stereocenters. The number of benzene rings is 1. The summed E-state index contributed by atoms with van der Waals surface area (Å²) in [5.74, 6) is 0.639. The summed E-state index contributed by atoms with van der Waals surface area (Å²) in [6, 6.07) is 7.94. The van der Waals surface area contributed by atoms with Crippen LogP contribution in [0, 0.1) is 0 Å². The molecule has 0 amide bonds. The number of aryl methyl sites for hydroxylation is 1. The molecule has 0 N–H and O–H groups in total. The van der Waals surface area contributed by atoms with E-state index in [1.54, 1.807) is 6.20 Å². The maximum atomic E-state index is 5.20. The molecular weight excluding hydrogens is 173 g/mol. The molecule has 68 valence electrons. The van der Waals surface area contributed by atoms with Crippen molar-refractivity contribution in [1.29, 1.82) is 0 Å². The minimum Gasteiger partial charge on any atom is -0.566 e. The number of hydrogen-bond donors (Lipinski definition) is 0. The van der Waals surface area contributed by atoms with Crippen LogP contribution in [0.2, 0.25) is 0 Å². The Bertz CT molecular complexity index is 456. The van der Waals surface area contributed by atoms with E-state index >= 15 is 0 Å². The van der Waals surface area contributed by atoms with Gasteiger partial charge >= 0.3 is 8.05 Å². The molecule has 2 aromatic rings. The number of nitrogens with zero attached hydrogens (tertiary/aromatic N) is 1. The molecule has 0 aliphatic heterocycles. The first-order valence-electron chi connectivity index (χ1n) is 4.59. The summed E-state index contributed by atoms with van der Waals surface area (Å²) in [6.45, 7) is 2.10. The maximum absolute atomic E-state index is 5.20. The normalized spacial score (nSPS) is 10.4. The van der Waals surface area contributed by atoms with E-state index in [-0.39, 0.29) is 0 Å².